The van der Waals surface area contributed by atoms with E-state index < -0.39 is 18.5 Å². The molecule has 1 heterocycles. The average Bonchev–Trinajstić information content (AvgIpc) is 2.30. The van der Waals surface area contributed by atoms with Gasteiger partial charge in [0.05, 0.1) is 6.10 Å². The highest BCUT2D eigenvalue weighted by atomic mass is 16.7. The zero-order chi connectivity index (χ0) is 8.43. The van der Waals surface area contributed by atoms with E-state index in [1.165, 1.54) is 7.11 Å². The molecule has 1 aliphatic rings. The smallest absolute Gasteiger partial charge is 0.186 e. The number of aliphatic hydroxyl groups is 2. The van der Waals surface area contributed by atoms with Crippen molar-refractivity contribution in [1.82, 2.24) is 0 Å². The summed E-state index contributed by atoms with van der Waals surface area (Å²) in [5, 5.41) is 18.6. The highest BCUT2D eigenvalue weighted by molar-refractivity contribution is 4.85. The van der Waals surface area contributed by atoms with Crippen LogP contribution in [0.5, 0.6) is 0 Å². The summed E-state index contributed by atoms with van der Waals surface area (Å²) >= 11 is 0. The third-order valence-corrected chi connectivity index (χ3v) is 1.95. The maximum Gasteiger partial charge on any atom is 0.186 e. The minimum Gasteiger partial charge on any atom is -0.387 e. The van der Waals surface area contributed by atoms with Crippen molar-refractivity contribution >= 4 is 0 Å². The van der Waals surface area contributed by atoms with Crippen LogP contribution in [0.3, 0.4) is 0 Å². The topological polar surface area (TPSA) is 58.9 Å². The minimum atomic E-state index is -0.912. The number of hydrogen-bond donors (Lipinski definition) is 2. The first-order chi connectivity index (χ1) is 5.20. The molecule has 0 aromatic rings. The van der Waals surface area contributed by atoms with Gasteiger partial charge in [-0.3, -0.25) is 0 Å². The van der Waals surface area contributed by atoms with Crippen molar-refractivity contribution < 1.29 is 19.7 Å². The summed E-state index contributed by atoms with van der Waals surface area (Å²) in [5.41, 5.74) is 0. The van der Waals surface area contributed by atoms with Gasteiger partial charge in [0.1, 0.15) is 12.2 Å². The van der Waals surface area contributed by atoms with Crippen molar-refractivity contribution in [2.45, 2.75) is 37.9 Å². The van der Waals surface area contributed by atoms with E-state index in [-0.39, 0.29) is 6.10 Å². The van der Waals surface area contributed by atoms with Crippen LogP contribution >= 0.6 is 0 Å². The number of rotatable bonds is 2. The van der Waals surface area contributed by atoms with Crippen LogP contribution in [-0.2, 0) is 9.47 Å². The summed E-state index contributed by atoms with van der Waals surface area (Å²) in [7, 11) is 1.44. The molecule has 0 aromatic carbocycles. The van der Waals surface area contributed by atoms with Crippen LogP contribution in [0.2, 0.25) is 0 Å². The summed E-state index contributed by atoms with van der Waals surface area (Å²) in [6.07, 6.45) is -2.02. The zero-order valence-electron chi connectivity index (χ0n) is 6.73. The lowest BCUT2D eigenvalue weighted by Crippen LogP contribution is -2.32. The van der Waals surface area contributed by atoms with Gasteiger partial charge in [-0.15, -0.1) is 0 Å². The largest absolute Gasteiger partial charge is 0.387 e. The van der Waals surface area contributed by atoms with E-state index in [0.717, 1.165) is 0 Å². The molecule has 66 valence electrons. The first-order valence-electron chi connectivity index (χ1n) is 3.75. The van der Waals surface area contributed by atoms with Gasteiger partial charge in [0.25, 0.3) is 0 Å². The van der Waals surface area contributed by atoms with Crippen LogP contribution in [0.15, 0.2) is 0 Å². The molecule has 2 N–H and O–H groups in total. The Morgan fingerprint density at radius 2 is 2.00 bits per heavy atom. The van der Waals surface area contributed by atoms with Gasteiger partial charge in [-0.25, -0.2) is 0 Å². The standard InChI is InChI=1S/C7H14O4/c1-3-4-5(8)6(9)7(10-2)11-4/h4-9H,3H2,1-2H3/t4-,5+,6-,7?/m1/s1. The van der Waals surface area contributed by atoms with Gasteiger partial charge in [0.15, 0.2) is 6.29 Å². The van der Waals surface area contributed by atoms with Crippen molar-refractivity contribution in [3.05, 3.63) is 0 Å². The van der Waals surface area contributed by atoms with Crippen molar-refractivity contribution in [2.75, 3.05) is 7.11 Å². The molecule has 1 unspecified atom stereocenters. The van der Waals surface area contributed by atoms with Crippen LogP contribution in [0.25, 0.3) is 0 Å². The Labute approximate surface area is 65.7 Å². The number of ether oxygens (including phenoxy) is 2. The third-order valence-electron chi connectivity index (χ3n) is 1.95. The molecule has 4 heteroatoms. The van der Waals surface area contributed by atoms with Crippen molar-refractivity contribution in [3.63, 3.8) is 0 Å². The lowest BCUT2D eigenvalue weighted by atomic mass is 10.1. The molecule has 0 amide bonds. The van der Waals surface area contributed by atoms with Gasteiger partial charge >= 0.3 is 0 Å². The minimum absolute atomic E-state index is 0.296. The van der Waals surface area contributed by atoms with Crippen LogP contribution in [0.4, 0.5) is 0 Å². The van der Waals surface area contributed by atoms with Crippen molar-refractivity contribution in [2.24, 2.45) is 0 Å². The van der Waals surface area contributed by atoms with Gasteiger partial charge in [-0.2, -0.15) is 0 Å². The zero-order valence-corrected chi connectivity index (χ0v) is 6.73. The Morgan fingerprint density at radius 1 is 1.36 bits per heavy atom. The Balaban J connectivity index is 2.53. The molecule has 4 atom stereocenters. The highest BCUT2D eigenvalue weighted by Crippen LogP contribution is 2.23. The monoisotopic (exact) mass is 162 g/mol. The SMILES string of the molecule is CC[C@H]1OC(OC)[C@H](O)[C@H]1O. The van der Waals surface area contributed by atoms with Crippen molar-refractivity contribution in [3.8, 4) is 0 Å². The quantitative estimate of drug-likeness (QED) is 0.574. The second kappa shape index (κ2) is 3.49. The molecule has 0 saturated carbocycles. The summed E-state index contributed by atoms with van der Waals surface area (Å²) in [4.78, 5) is 0. The molecular weight excluding hydrogens is 148 g/mol. The maximum absolute atomic E-state index is 9.30. The molecule has 1 saturated heterocycles. The molecule has 11 heavy (non-hydrogen) atoms. The highest BCUT2D eigenvalue weighted by Gasteiger charge is 2.41. The summed E-state index contributed by atoms with van der Waals surface area (Å²) in [6.45, 7) is 1.89. The van der Waals surface area contributed by atoms with Gasteiger partial charge in [-0.05, 0) is 6.42 Å². The van der Waals surface area contributed by atoms with E-state index in [4.69, 9.17) is 9.47 Å². The first-order valence-corrected chi connectivity index (χ1v) is 3.75. The first kappa shape index (κ1) is 8.93. The van der Waals surface area contributed by atoms with E-state index in [1.807, 2.05) is 6.92 Å². The molecule has 1 rings (SSSR count). The van der Waals surface area contributed by atoms with Crippen molar-refractivity contribution in [1.29, 1.82) is 0 Å². The lowest BCUT2D eigenvalue weighted by molar-refractivity contribution is -0.148. The molecule has 4 nitrogen and oxygen atoms in total. The van der Waals surface area contributed by atoms with E-state index in [1.54, 1.807) is 0 Å². The molecule has 0 aliphatic carbocycles. The number of methoxy groups -OCH3 is 1. The fourth-order valence-corrected chi connectivity index (χ4v) is 1.25. The normalized spacial score (nSPS) is 44.7. The molecule has 1 aliphatic heterocycles. The van der Waals surface area contributed by atoms with Crippen LogP contribution < -0.4 is 0 Å². The molecule has 0 bridgehead atoms. The van der Waals surface area contributed by atoms with Gasteiger partial charge in [0.2, 0.25) is 0 Å². The van der Waals surface area contributed by atoms with Crippen LogP contribution in [0.1, 0.15) is 13.3 Å². The molecule has 0 spiro atoms. The van der Waals surface area contributed by atoms with Gasteiger partial charge < -0.3 is 19.7 Å². The Hall–Kier alpha value is -0.160. The summed E-state index contributed by atoms with van der Waals surface area (Å²) in [5.74, 6) is 0. The lowest BCUT2D eigenvalue weighted by Gasteiger charge is -2.11. The molecule has 1 fully saturated rings. The van der Waals surface area contributed by atoms with Crippen LogP contribution in [-0.4, -0.2) is 41.9 Å². The predicted octanol–water partition coefficient (Wildman–Crippen LogP) is -0.510. The fraction of sp³-hybridized carbons (Fsp3) is 1.00. The summed E-state index contributed by atoms with van der Waals surface area (Å²) in [6, 6.07) is 0. The van der Waals surface area contributed by atoms with E-state index >= 15 is 0 Å². The number of hydrogen-bond acceptors (Lipinski definition) is 4. The van der Waals surface area contributed by atoms with Crippen LogP contribution in [0, 0.1) is 0 Å². The Kier molecular flexibility index (Phi) is 2.84. The Morgan fingerprint density at radius 3 is 2.27 bits per heavy atom. The molecular formula is C7H14O4. The molecule has 0 radical (unpaired) electrons. The van der Waals surface area contributed by atoms with E-state index in [0.29, 0.717) is 6.42 Å². The number of aliphatic hydroxyl groups excluding tert-OH is 2. The fourth-order valence-electron chi connectivity index (χ4n) is 1.25. The molecule has 0 aromatic heterocycles. The van der Waals surface area contributed by atoms with E-state index in [9.17, 15) is 10.2 Å². The van der Waals surface area contributed by atoms with Gasteiger partial charge in [0, 0.05) is 7.11 Å². The second-order valence-electron chi connectivity index (χ2n) is 2.67. The predicted molar refractivity (Wildman–Crippen MR) is 38.0 cm³/mol. The van der Waals surface area contributed by atoms with Gasteiger partial charge in [-0.1, -0.05) is 6.92 Å². The second-order valence-corrected chi connectivity index (χ2v) is 2.67. The maximum atomic E-state index is 9.30. The van der Waals surface area contributed by atoms with E-state index in [2.05, 4.69) is 0 Å². The average molecular weight is 162 g/mol. The third kappa shape index (κ3) is 1.54. The summed E-state index contributed by atoms with van der Waals surface area (Å²) < 4.78 is 9.96. The Bertz CT molecular complexity index is 110.